The minimum atomic E-state index is -0.990. The van der Waals surface area contributed by atoms with E-state index in [1.54, 1.807) is 39.2 Å². The predicted molar refractivity (Wildman–Crippen MR) is 153 cm³/mol. The Morgan fingerprint density at radius 3 is 2.59 bits per heavy atom. The summed E-state index contributed by atoms with van der Waals surface area (Å²) in [6.45, 7) is 8.22. The molecule has 5 rings (SSSR count). The third-order valence-electron chi connectivity index (χ3n) is 8.83. The summed E-state index contributed by atoms with van der Waals surface area (Å²) in [6.07, 6.45) is 0.724. The fourth-order valence-electron chi connectivity index (χ4n) is 6.25. The molecule has 3 aliphatic rings. The first-order valence-electron chi connectivity index (χ1n) is 14.3. The molecular weight excluding hydrogens is 524 g/mol. The number of amides is 2. The Morgan fingerprint density at radius 1 is 1.17 bits per heavy atom. The van der Waals surface area contributed by atoms with Crippen molar-refractivity contribution in [1.82, 2.24) is 15.5 Å². The van der Waals surface area contributed by atoms with Gasteiger partial charge in [-0.25, -0.2) is 0 Å². The number of methoxy groups -OCH3 is 1. The summed E-state index contributed by atoms with van der Waals surface area (Å²) in [5.41, 5.74) is 0.319. The van der Waals surface area contributed by atoms with Crippen molar-refractivity contribution in [2.75, 3.05) is 20.3 Å². The first-order chi connectivity index (χ1) is 19.5. The molecule has 0 radical (unpaired) electrons. The van der Waals surface area contributed by atoms with E-state index in [-0.39, 0.29) is 30.1 Å². The topological polar surface area (TPSA) is 133 Å². The van der Waals surface area contributed by atoms with Crippen LogP contribution in [0, 0.1) is 11.3 Å². The molecular formula is C31H40N4O6. The van der Waals surface area contributed by atoms with Gasteiger partial charge in [0.05, 0.1) is 31.7 Å². The number of nitrogens with one attached hydrogen (secondary N) is 3. The number of carbonyl (C=O) groups is 2. The van der Waals surface area contributed by atoms with Gasteiger partial charge in [0.2, 0.25) is 5.91 Å². The molecule has 1 saturated heterocycles. The van der Waals surface area contributed by atoms with E-state index >= 15 is 0 Å². The number of guanidine groups is 1. The van der Waals surface area contributed by atoms with Crippen LogP contribution in [0.4, 0.5) is 0 Å². The van der Waals surface area contributed by atoms with Gasteiger partial charge in [-0.15, -0.1) is 0 Å². The third-order valence-corrected chi connectivity index (χ3v) is 8.83. The standard InChI is InChI=1S/C31H40N4O6/c1-6-31(7-2)15-24(36)35(29(32)34-31)26-19(16-39-5)17-40-22-13-12-18(14-21(22)26)28(38)33-25-20-10-8-9-11-23(20)41-30(3,4)27(25)37/h8-14,19,25-27,37H,6-7,15-17H2,1-5H3,(H2,32,34)(H,33,38)/t19-,25?,26-,27+/m1/s1. The van der Waals surface area contributed by atoms with Crippen molar-refractivity contribution >= 4 is 17.8 Å². The average molecular weight is 565 g/mol. The SMILES string of the molecule is CCC1(CC)CC(=O)N([C@H]2c3cc(C(=O)NC4c5ccccc5OC(C)(C)[C@H]4O)ccc3OC[C@H]2COC)C(=N)N1. The van der Waals surface area contributed by atoms with E-state index in [1.165, 1.54) is 4.90 Å². The van der Waals surface area contributed by atoms with Crippen LogP contribution < -0.4 is 20.1 Å². The Hall–Kier alpha value is -3.63. The van der Waals surface area contributed by atoms with Gasteiger partial charge in [-0.3, -0.25) is 19.9 Å². The highest BCUT2D eigenvalue weighted by Crippen LogP contribution is 2.43. The summed E-state index contributed by atoms with van der Waals surface area (Å²) in [4.78, 5) is 28.8. The maximum Gasteiger partial charge on any atom is 0.251 e. The first-order valence-corrected chi connectivity index (χ1v) is 14.3. The first kappa shape index (κ1) is 28.9. The molecule has 3 heterocycles. The Bertz CT molecular complexity index is 1320. The van der Waals surface area contributed by atoms with Crippen LogP contribution in [0.2, 0.25) is 0 Å². The molecule has 1 fully saturated rings. The van der Waals surface area contributed by atoms with Crippen LogP contribution >= 0.6 is 0 Å². The lowest BCUT2D eigenvalue weighted by atomic mass is 9.83. The maximum absolute atomic E-state index is 13.7. The van der Waals surface area contributed by atoms with Gasteiger partial charge in [-0.1, -0.05) is 32.0 Å². The van der Waals surface area contributed by atoms with Crippen LogP contribution in [0.1, 0.15) is 80.5 Å². The van der Waals surface area contributed by atoms with Crippen molar-refractivity contribution in [2.45, 2.75) is 76.3 Å². The molecule has 10 heteroatoms. The number of para-hydroxylation sites is 1. The zero-order valence-electron chi connectivity index (χ0n) is 24.3. The summed E-state index contributed by atoms with van der Waals surface area (Å²) >= 11 is 0. The highest BCUT2D eigenvalue weighted by molar-refractivity contribution is 6.00. The molecule has 10 nitrogen and oxygen atoms in total. The number of benzene rings is 2. The van der Waals surface area contributed by atoms with Crippen molar-refractivity contribution in [3.8, 4) is 11.5 Å². The number of rotatable bonds is 7. The Labute approximate surface area is 240 Å². The minimum absolute atomic E-state index is 0.0444. The highest BCUT2D eigenvalue weighted by atomic mass is 16.5. The molecule has 3 aliphatic heterocycles. The molecule has 41 heavy (non-hydrogen) atoms. The van der Waals surface area contributed by atoms with Crippen molar-refractivity contribution in [1.29, 1.82) is 5.41 Å². The summed E-state index contributed by atoms with van der Waals surface area (Å²) < 4.78 is 17.5. The Morgan fingerprint density at radius 2 is 1.90 bits per heavy atom. The van der Waals surface area contributed by atoms with Gasteiger partial charge in [0, 0.05) is 35.3 Å². The van der Waals surface area contributed by atoms with Crippen molar-refractivity contribution in [3.63, 3.8) is 0 Å². The third kappa shape index (κ3) is 5.15. The Balaban J connectivity index is 1.48. The van der Waals surface area contributed by atoms with Crippen LogP contribution in [0.5, 0.6) is 11.5 Å². The molecule has 0 saturated carbocycles. The number of hydrogen-bond acceptors (Lipinski definition) is 7. The molecule has 1 unspecified atom stereocenters. The van der Waals surface area contributed by atoms with E-state index < -0.39 is 29.3 Å². The van der Waals surface area contributed by atoms with E-state index in [4.69, 9.17) is 19.6 Å². The zero-order chi connectivity index (χ0) is 29.5. The van der Waals surface area contributed by atoms with Crippen molar-refractivity contribution in [2.24, 2.45) is 5.92 Å². The number of carbonyl (C=O) groups excluding carboxylic acids is 2. The minimum Gasteiger partial charge on any atom is -0.493 e. The maximum atomic E-state index is 13.7. The normalized spacial score (nSPS) is 26.1. The van der Waals surface area contributed by atoms with Crippen LogP contribution in [0.3, 0.4) is 0 Å². The van der Waals surface area contributed by atoms with Gasteiger partial charge < -0.3 is 30.0 Å². The van der Waals surface area contributed by atoms with E-state index in [1.807, 2.05) is 38.1 Å². The lowest BCUT2D eigenvalue weighted by Crippen LogP contribution is -2.63. The second-order valence-electron chi connectivity index (χ2n) is 11.8. The summed E-state index contributed by atoms with van der Waals surface area (Å²) in [6, 6.07) is 11.2. The lowest BCUT2D eigenvalue weighted by molar-refractivity contribution is -0.134. The fraction of sp³-hybridized carbons (Fsp3) is 0.516. The summed E-state index contributed by atoms with van der Waals surface area (Å²) in [7, 11) is 1.59. The van der Waals surface area contributed by atoms with Crippen LogP contribution in [-0.2, 0) is 9.53 Å². The Kier molecular flexibility index (Phi) is 7.74. The molecule has 0 bridgehead atoms. The smallest absolute Gasteiger partial charge is 0.251 e. The van der Waals surface area contributed by atoms with Gasteiger partial charge in [-0.2, -0.15) is 0 Å². The number of nitrogens with zero attached hydrogens (tertiary/aromatic N) is 1. The number of aliphatic hydroxyl groups is 1. The monoisotopic (exact) mass is 564 g/mol. The molecule has 220 valence electrons. The van der Waals surface area contributed by atoms with Gasteiger partial charge in [0.15, 0.2) is 5.96 Å². The second-order valence-corrected chi connectivity index (χ2v) is 11.8. The molecule has 0 aromatic heterocycles. The van der Waals surface area contributed by atoms with Crippen LogP contribution in [-0.4, -0.2) is 65.3 Å². The van der Waals surface area contributed by atoms with Gasteiger partial charge in [-0.05, 0) is 51.0 Å². The second kappa shape index (κ2) is 11.0. The van der Waals surface area contributed by atoms with Gasteiger partial charge in [0.1, 0.15) is 23.2 Å². The predicted octanol–water partition coefficient (Wildman–Crippen LogP) is 3.70. The quantitative estimate of drug-likeness (QED) is 0.403. The molecule has 0 spiro atoms. The van der Waals surface area contributed by atoms with Gasteiger partial charge in [0.25, 0.3) is 5.91 Å². The van der Waals surface area contributed by atoms with Crippen molar-refractivity contribution < 1.29 is 28.9 Å². The average Bonchev–Trinajstić information content (AvgIpc) is 2.95. The molecule has 2 aromatic carbocycles. The van der Waals surface area contributed by atoms with E-state index in [0.717, 1.165) is 12.8 Å². The van der Waals surface area contributed by atoms with E-state index in [9.17, 15) is 14.7 Å². The van der Waals surface area contributed by atoms with Crippen LogP contribution in [0.15, 0.2) is 42.5 Å². The largest absolute Gasteiger partial charge is 0.493 e. The van der Waals surface area contributed by atoms with Crippen molar-refractivity contribution in [3.05, 3.63) is 59.2 Å². The molecule has 4 N–H and O–H groups in total. The molecule has 4 atom stereocenters. The molecule has 2 aromatic rings. The number of fused-ring (bicyclic) bond motifs is 2. The number of ether oxygens (including phenoxy) is 3. The summed E-state index contributed by atoms with van der Waals surface area (Å²) in [5, 5.41) is 26.3. The molecule has 2 amide bonds. The van der Waals surface area contributed by atoms with E-state index in [0.29, 0.717) is 41.4 Å². The van der Waals surface area contributed by atoms with Crippen LogP contribution in [0.25, 0.3) is 0 Å². The molecule has 0 aliphatic carbocycles. The fourth-order valence-corrected chi connectivity index (χ4v) is 6.25. The number of aliphatic hydroxyl groups excluding tert-OH is 1. The number of hydrogen-bond donors (Lipinski definition) is 4. The summed E-state index contributed by atoms with van der Waals surface area (Å²) in [5.74, 6) is 0.432. The van der Waals surface area contributed by atoms with E-state index in [2.05, 4.69) is 10.6 Å². The lowest BCUT2D eigenvalue weighted by Gasteiger charge is -2.47. The zero-order valence-corrected chi connectivity index (χ0v) is 24.3. The highest BCUT2D eigenvalue weighted by Gasteiger charge is 2.47. The van der Waals surface area contributed by atoms with Gasteiger partial charge >= 0.3 is 0 Å².